The second-order valence-corrected chi connectivity index (χ2v) is 5.80. The fourth-order valence-corrected chi connectivity index (χ4v) is 2.67. The lowest BCUT2D eigenvalue weighted by atomic mass is 9.80. The van der Waals surface area contributed by atoms with Gasteiger partial charge in [0, 0.05) is 18.9 Å². The van der Waals surface area contributed by atoms with Crippen LogP contribution in [0.3, 0.4) is 0 Å². The predicted octanol–water partition coefficient (Wildman–Crippen LogP) is 3.20. The van der Waals surface area contributed by atoms with Crippen LogP contribution in [0, 0.1) is 0 Å². The first-order valence-corrected chi connectivity index (χ1v) is 7.57. The molecule has 0 unspecified atom stereocenters. The number of rotatable bonds is 5. The van der Waals surface area contributed by atoms with E-state index in [1.165, 1.54) is 6.92 Å². The Morgan fingerprint density at radius 3 is 2.77 bits per heavy atom. The number of carbonyl (C=O) groups excluding carboxylic acids is 1. The molecular formula is C17H20N2O3. The van der Waals surface area contributed by atoms with E-state index in [4.69, 9.17) is 9.26 Å². The Morgan fingerprint density at radius 1 is 1.36 bits per heavy atom. The summed E-state index contributed by atoms with van der Waals surface area (Å²) < 4.78 is 11.2. The highest BCUT2D eigenvalue weighted by atomic mass is 16.5. The maximum absolute atomic E-state index is 11.1. The lowest BCUT2D eigenvalue weighted by Gasteiger charge is -2.34. The van der Waals surface area contributed by atoms with E-state index in [1.54, 1.807) is 0 Å². The van der Waals surface area contributed by atoms with Crippen LogP contribution in [-0.4, -0.2) is 17.2 Å². The van der Waals surface area contributed by atoms with Crippen molar-refractivity contribution in [2.24, 2.45) is 0 Å². The average molecular weight is 300 g/mol. The molecule has 1 aliphatic rings. The van der Waals surface area contributed by atoms with Crippen molar-refractivity contribution < 1.29 is 14.1 Å². The Hall–Kier alpha value is -2.30. The summed E-state index contributed by atoms with van der Waals surface area (Å²) in [6.07, 6.45) is 2.12. The summed E-state index contributed by atoms with van der Waals surface area (Å²) in [5.41, 5.74) is 0.945. The van der Waals surface area contributed by atoms with E-state index in [0.29, 0.717) is 11.7 Å². The first-order valence-electron chi connectivity index (χ1n) is 7.57. The van der Waals surface area contributed by atoms with E-state index < -0.39 is 0 Å². The minimum Gasteiger partial charge on any atom is -0.490 e. The number of hydrogen-bond acceptors (Lipinski definition) is 4. The second-order valence-electron chi connectivity index (χ2n) is 5.80. The summed E-state index contributed by atoms with van der Waals surface area (Å²) in [5, 5.41) is 6.92. The molecule has 1 N–H and O–H groups in total. The second kappa shape index (κ2) is 6.22. The van der Waals surface area contributed by atoms with Crippen LogP contribution < -0.4 is 10.1 Å². The van der Waals surface area contributed by atoms with Gasteiger partial charge in [-0.2, -0.15) is 0 Å². The molecule has 1 heterocycles. The molecule has 1 amide bonds. The van der Waals surface area contributed by atoms with Crippen LogP contribution in [0.2, 0.25) is 0 Å². The van der Waals surface area contributed by atoms with Gasteiger partial charge in [-0.25, -0.2) is 0 Å². The Labute approximate surface area is 129 Å². The van der Waals surface area contributed by atoms with E-state index in [2.05, 4.69) is 10.5 Å². The molecule has 2 aromatic rings. The van der Waals surface area contributed by atoms with Crippen molar-refractivity contribution in [1.29, 1.82) is 0 Å². The number of nitrogens with one attached hydrogen (secondary N) is 1. The van der Waals surface area contributed by atoms with Crippen LogP contribution in [0.5, 0.6) is 5.75 Å². The minimum absolute atomic E-state index is 0.0783. The SMILES string of the molecule is CC(=O)N[C@@H](C)c1cc(C2CC(Oc3ccccc3)C2)no1. The van der Waals surface area contributed by atoms with E-state index in [0.717, 1.165) is 24.3 Å². The zero-order valence-corrected chi connectivity index (χ0v) is 12.8. The lowest BCUT2D eigenvalue weighted by Crippen LogP contribution is -2.32. The van der Waals surface area contributed by atoms with Gasteiger partial charge < -0.3 is 14.6 Å². The van der Waals surface area contributed by atoms with Crippen molar-refractivity contribution in [2.45, 2.75) is 44.8 Å². The Kier molecular flexibility index (Phi) is 4.13. The van der Waals surface area contributed by atoms with Crippen LogP contribution in [0.15, 0.2) is 40.9 Å². The third kappa shape index (κ3) is 3.30. The Balaban J connectivity index is 1.53. The van der Waals surface area contributed by atoms with E-state index in [1.807, 2.05) is 43.3 Å². The summed E-state index contributed by atoms with van der Waals surface area (Å²) in [4.78, 5) is 11.1. The highest BCUT2D eigenvalue weighted by molar-refractivity contribution is 5.73. The van der Waals surface area contributed by atoms with Gasteiger partial charge in [-0.15, -0.1) is 0 Å². The van der Waals surface area contributed by atoms with Crippen molar-refractivity contribution in [1.82, 2.24) is 10.5 Å². The van der Waals surface area contributed by atoms with Crippen molar-refractivity contribution in [2.75, 3.05) is 0 Å². The van der Waals surface area contributed by atoms with Gasteiger partial charge in [0.1, 0.15) is 5.75 Å². The summed E-state index contributed by atoms with van der Waals surface area (Å²) in [7, 11) is 0. The molecule has 1 fully saturated rings. The number of amides is 1. The monoisotopic (exact) mass is 300 g/mol. The van der Waals surface area contributed by atoms with Crippen molar-refractivity contribution in [3.05, 3.63) is 47.9 Å². The van der Waals surface area contributed by atoms with E-state index >= 15 is 0 Å². The highest BCUT2D eigenvalue weighted by Gasteiger charge is 2.34. The third-order valence-electron chi connectivity index (χ3n) is 3.95. The standard InChI is InChI=1S/C17H20N2O3/c1-11(18-12(2)20)17-10-16(19-22-17)13-8-15(9-13)21-14-6-4-3-5-7-14/h3-7,10-11,13,15H,8-9H2,1-2H3,(H,18,20)/t11-,13?,15?/m0/s1. The largest absolute Gasteiger partial charge is 0.490 e. The van der Waals surface area contributed by atoms with Crippen LogP contribution >= 0.6 is 0 Å². The molecule has 0 spiro atoms. The maximum Gasteiger partial charge on any atom is 0.217 e. The summed E-state index contributed by atoms with van der Waals surface area (Å²) in [5.74, 6) is 1.89. The molecule has 1 aromatic heterocycles. The quantitative estimate of drug-likeness (QED) is 0.921. The topological polar surface area (TPSA) is 64.4 Å². The highest BCUT2D eigenvalue weighted by Crippen LogP contribution is 2.39. The van der Waals surface area contributed by atoms with Crippen LogP contribution in [0.4, 0.5) is 0 Å². The minimum atomic E-state index is -0.157. The predicted molar refractivity (Wildman–Crippen MR) is 81.6 cm³/mol. The molecule has 5 heteroatoms. The molecule has 5 nitrogen and oxygen atoms in total. The maximum atomic E-state index is 11.1. The van der Waals surface area contributed by atoms with Crippen molar-refractivity contribution in [3.63, 3.8) is 0 Å². The third-order valence-corrected chi connectivity index (χ3v) is 3.95. The molecule has 3 rings (SSSR count). The average Bonchev–Trinajstić information content (AvgIpc) is 2.92. The number of carbonyl (C=O) groups is 1. The molecule has 116 valence electrons. The van der Waals surface area contributed by atoms with Gasteiger partial charge in [-0.3, -0.25) is 4.79 Å². The first-order chi connectivity index (χ1) is 10.6. The summed E-state index contributed by atoms with van der Waals surface area (Å²) >= 11 is 0. The molecule has 0 bridgehead atoms. The molecule has 0 aliphatic heterocycles. The van der Waals surface area contributed by atoms with Crippen molar-refractivity contribution in [3.8, 4) is 5.75 Å². The fraction of sp³-hybridized carbons (Fsp3) is 0.412. The molecule has 1 aliphatic carbocycles. The van der Waals surface area contributed by atoms with E-state index in [9.17, 15) is 4.79 Å². The number of para-hydroxylation sites is 1. The zero-order valence-electron chi connectivity index (χ0n) is 12.8. The molecule has 22 heavy (non-hydrogen) atoms. The van der Waals surface area contributed by atoms with E-state index in [-0.39, 0.29) is 18.1 Å². The molecule has 0 radical (unpaired) electrons. The lowest BCUT2D eigenvalue weighted by molar-refractivity contribution is -0.119. The smallest absolute Gasteiger partial charge is 0.217 e. The number of hydrogen-bond donors (Lipinski definition) is 1. The van der Waals surface area contributed by atoms with Gasteiger partial charge in [0.25, 0.3) is 0 Å². The molecule has 1 aromatic carbocycles. The number of aromatic nitrogens is 1. The van der Waals surface area contributed by atoms with Gasteiger partial charge in [-0.05, 0) is 31.9 Å². The molecule has 0 saturated heterocycles. The van der Waals surface area contributed by atoms with Gasteiger partial charge in [0.2, 0.25) is 5.91 Å². The van der Waals surface area contributed by atoms with Crippen LogP contribution in [-0.2, 0) is 4.79 Å². The van der Waals surface area contributed by atoms with Gasteiger partial charge in [0.05, 0.1) is 17.8 Å². The normalized spacial score (nSPS) is 21.7. The molecule has 1 saturated carbocycles. The number of benzene rings is 1. The summed E-state index contributed by atoms with van der Waals surface area (Å²) in [6.45, 7) is 3.37. The number of ether oxygens (including phenoxy) is 1. The fourth-order valence-electron chi connectivity index (χ4n) is 2.67. The molecule has 1 atom stereocenters. The zero-order chi connectivity index (χ0) is 15.5. The summed E-state index contributed by atoms with van der Waals surface area (Å²) in [6, 6.07) is 11.6. The number of nitrogens with zero attached hydrogens (tertiary/aromatic N) is 1. The van der Waals surface area contributed by atoms with Crippen LogP contribution in [0.25, 0.3) is 0 Å². The van der Waals surface area contributed by atoms with Gasteiger partial charge in [0.15, 0.2) is 5.76 Å². The van der Waals surface area contributed by atoms with Crippen molar-refractivity contribution >= 4 is 5.91 Å². The Bertz CT molecular complexity index is 632. The molecular weight excluding hydrogens is 280 g/mol. The van der Waals surface area contributed by atoms with Crippen LogP contribution in [0.1, 0.15) is 50.1 Å². The van der Waals surface area contributed by atoms with Gasteiger partial charge in [-0.1, -0.05) is 23.4 Å². The van der Waals surface area contributed by atoms with Gasteiger partial charge >= 0.3 is 0 Å². The first kappa shape index (κ1) is 14.6. The Morgan fingerprint density at radius 2 is 2.09 bits per heavy atom.